The molecule has 5 heteroatoms. The molecule has 0 unspecified atom stereocenters. The Morgan fingerprint density at radius 1 is 1.04 bits per heavy atom. The Balaban J connectivity index is 1.38. The van der Waals surface area contributed by atoms with Crippen LogP contribution in [-0.2, 0) is 11.2 Å². The van der Waals surface area contributed by atoms with Crippen LogP contribution < -0.4 is 10.1 Å². The first-order valence-corrected chi connectivity index (χ1v) is 9.97. The largest absolute Gasteiger partial charge is 0.497 e. The molecule has 4 rings (SSSR count). The number of carbonyl (C=O) groups is 1. The molecule has 1 amide bonds. The van der Waals surface area contributed by atoms with Gasteiger partial charge in [-0.1, -0.05) is 48.5 Å². The van der Waals surface area contributed by atoms with Crippen LogP contribution in [0.25, 0.3) is 22.0 Å². The van der Waals surface area contributed by atoms with E-state index in [2.05, 4.69) is 40.6 Å². The molecule has 0 fully saturated rings. The highest BCUT2D eigenvalue weighted by atomic mass is 32.1. The van der Waals surface area contributed by atoms with Gasteiger partial charge >= 0.3 is 0 Å². The summed E-state index contributed by atoms with van der Waals surface area (Å²) < 4.78 is 5.15. The smallest absolute Gasteiger partial charge is 0.226 e. The maximum Gasteiger partial charge on any atom is 0.226 e. The molecular formula is C23H20N2O2S. The lowest BCUT2D eigenvalue weighted by molar-refractivity contribution is -0.116. The van der Waals surface area contributed by atoms with Crippen molar-refractivity contribution in [1.29, 1.82) is 0 Å². The Bertz CT molecular complexity index is 1100. The second kappa shape index (κ2) is 8.23. The van der Waals surface area contributed by atoms with E-state index in [0.29, 0.717) is 18.0 Å². The first-order valence-electron chi connectivity index (χ1n) is 9.09. The molecule has 0 saturated heterocycles. The molecule has 1 heterocycles. The molecule has 0 bridgehead atoms. The van der Waals surface area contributed by atoms with Crippen LogP contribution in [0.2, 0.25) is 0 Å². The average Bonchev–Trinajstić information content (AvgIpc) is 3.20. The van der Waals surface area contributed by atoms with Crippen LogP contribution in [0, 0.1) is 0 Å². The van der Waals surface area contributed by atoms with Crippen molar-refractivity contribution in [3.63, 3.8) is 0 Å². The number of carbonyl (C=O) groups excluding carboxylic acids is 1. The summed E-state index contributed by atoms with van der Waals surface area (Å²) in [6, 6.07) is 22.3. The van der Waals surface area contributed by atoms with E-state index >= 15 is 0 Å². The summed E-state index contributed by atoms with van der Waals surface area (Å²) in [4.78, 5) is 16.8. The zero-order valence-corrected chi connectivity index (χ0v) is 16.3. The molecule has 0 saturated carbocycles. The van der Waals surface area contributed by atoms with Gasteiger partial charge in [-0.3, -0.25) is 4.79 Å². The minimum absolute atomic E-state index is 0.0322. The molecule has 0 radical (unpaired) electrons. The van der Waals surface area contributed by atoms with Gasteiger partial charge in [0.2, 0.25) is 5.91 Å². The predicted octanol–water partition coefficient (Wildman–Crippen LogP) is 5.54. The number of ether oxygens (including phenoxy) is 1. The number of thiazole rings is 1. The third-order valence-corrected chi connectivity index (χ3v) is 5.35. The number of aromatic nitrogens is 1. The van der Waals surface area contributed by atoms with E-state index < -0.39 is 0 Å². The number of anilines is 1. The van der Waals surface area contributed by atoms with Crippen molar-refractivity contribution in [3.8, 4) is 17.0 Å². The van der Waals surface area contributed by atoms with E-state index in [1.165, 1.54) is 22.1 Å². The molecule has 0 spiro atoms. The number of fused-ring (bicyclic) bond motifs is 1. The summed E-state index contributed by atoms with van der Waals surface area (Å²) in [5, 5.41) is 7.89. The standard InChI is InChI=1S/C23H20N2O2S/c1-27-20-11-6-16(7-12-20)8-13-22(26)25-23-24-21(15-28-23)19-10-9-17-4-2-3-5-18(17)14-19/h2-7,9-12,14-15H,8,13H2,1H3,(H,24,25,26). The first kappa shape index (κ1) is 18.2. The van der Waals surface area contributed by atoms with E-state index in [1.807, 2.05) is 41.8 Å². The number of nitrogens with zero attached hydrogens (tertiary/aromatic N) is 1. The van der Waals surface area contributed by atoms with Crippen LogP contribution >= 0.6 is 11.3 Å². The highest BCUT2D eigenvalue weighted by molar-refractivity contribution is 7.14. The Hall–Kier alpha value is -3.18. The molecule has 28 heavy (non-hydrogen) atoms. The highest BCUT2D eigenvalue weighted by Crippen LogP contribution is 2.27. The van der Waals surface area contributed by atoms with Gasteiger partial charge in [-0.05, 0) is 41.0 Å². The van der Waals surface area contributed by atoms with Crippen molar-refractivity contribution < 1.29 is 9.53 Å². The van der Waals surface area contributed by atoms with Gasteiger partial charge < -0.3 is 10.1 Å². The van der Waals surface area contributed by atoms with Crippen molar-refractivity contribution in [2.45, 2.75) is 12.8 Å². The zero-order valence-electron chi connectivity index (χ0n) is 15.5. The van der Waals surface area contributed by atoms with E-state index in [1.54, 1.807) is 7.11 Å². The molecule has 1 aromatic heterocycles. The molecule has 3 aromatic carbocycles. The molecule has 140 valence electrons. The van der Waals surface area contributed by atoms with Gasteiger partial charge in [0.05, 0.1) is 12.8 Å². The monoisotopic (exact) mass is 388 g/mol. The molecule has 1 N–H and O–H groups in total. The number of rotatable bonds is 6. The van der Waals surface area contributed by atoms with E-state index in [-0.39, 0.29) is 5.91 Å². The topological polar surface area (TPSA) is 51.2 Å². The number of methoxy groups -OCH3 is 1. The molecule has 0 atom stereocenters. The predicted molar refractivity (Wildman–Crippen MR) is 115 cm³/mol. The Morgan fingerprint density at radius 3 is 2.61 bits per heavy atom. The van der Waals surface area contributed by atoms with Crippen molar-refractivity contribution in [1.82, 2.24) is 4.98 Å². The highest BCUT2D eigenvalue weighted by Gasteiger charge is 2.09. The summed E-state index contributed by atoms with van der Waals surface area (Å²) in [5.74, 6) is 0.785. The van der Waals surface area contributed by atoms with Crippen LogP contribution in [0.3, 0.4) is 0 Å². The Morgan fingerprint density at radius 2 is 1.82 bits per heavy atom. The first-order chi connectivity index (χ1) is 13.7. The van der Waals surface area contributed by atoms with Gasteiger partial charge in [0, 0.05) is 17.4 Å². The maximum atomic E-state index is 12.3. The van der Waals surface area contributed by atoms with Gasteiger partial charge in [-0.25, -0.2) is 4.98 Å². The molecule has 0 aliphatic heterocycles. The maximum absolute atomic E-state index is 12.3. The number of nitrogens with one attached hydrogen (secondary N) is 1. The number of benzene rings is 3. The van der Waals surface area contributed by atoms with Crippen LogP contribution in [0.1, 0.15) is 12.0 Å². The Kier molecular flexibility index (Phi) is 5.35. The van der Waals surface area contributed by atoms with Gasteiger partial charge in [-0.2, -0.15) is 0 Å². The van der Waals surface area contributed by atoms with E-state index in [4.69, 9.17) is 4.74 Å². The third-order valence-electron chi connectivity index (χ3n) is 4.60. The minimum atomic E-state index is -0.0322. The van der Waals surface area contributed by atoms with Gasteiger partial charge in [0.15, 0.2) is 5.13 Å². The molecule has 4 aromatic rings. The number of aryl methyl sites for hydroxylation is 1. The van der Waals surface area contributed by atoms with E-state index in [9.17, 15) is 4.79 Å². The summed E-state index contributed by atoms with van der Waals surface area (Å²) in [7, 11) is 1.64. The fraction of sp³-hybridized carbons (Fsp3) is 0.130. The summed E-state index contributed by atoms with van der Waals surface area (Å²) in [6.07, 6.45) is 1.09. The lowest BCUT2D eigenvalue weighted by Gasteiger charge is -2.04. The molecule has 4 nitrogen and oxygen atoms in total. The third kappa shape index (κ3) is 4.21. The number of amides is 1. The van der Waals surface area contributed by atoms with Gasteiger partial charge in [-0.15, -0.1) is 11.3 Å². The fourth-order valence-corrected chi connectivity index (χ4v) is 3.78. The van der Waals surface area contributed by atoms with Gasteiger partial charge in [0.1, 0.15) is 5.75 Å². The van der Waals surface area contributed by atoms with Crippen molar-refractivity contribution in [3.05, 3.63) is 77.7 Å². The second-order valence-electron chi connectivity index (χ2n) is 6.50. The second-order valence-corrected chi connectivity index (χ2v) is 7.35. The van der Waals surface area contributed by atoms with Crippen molar-refractivity contribution >= 4 is 33.1 Å². The summed E-state index contributed by atoms with van der Waals surface area (Å²) in [5.41, 5.74) is 3.03. The lowest BCUT2D eigenvalue weighted by atomic mass is 10.1. The van der Waals surface area contributed by atoms with Crippen LogP contribution in [0.15, 0.2) is 72.1 Å². The summed E-state index contributed by atoms with van der Waals surface area (Å²) in [6.45, 7) is 0. The average molecular weight is 388 g/mol. The molecule has 0 aliphatic rings. The number of hydrogen-bond donors (Lipinski definition) is 1. The quantitative estimate of drug-likeness (QED) is 0.472. The van der Waals surface area contributed by atoms with Crippen molar-refractivity contribution in [2.24, 2.45) is 0 Å². The van der Waals surface area contributed by atoms with Crippen LogP contribution in [-0.4, -0.2) is 18.0 Å². The van der Waals surface area contributed by atoms with E-state index in [0.717, 1.165) is 22.6 Å². The normalized spacial score (nSPS) is 10.8. The number of hydrogen-bond acceptors (Lipinski definition) is 4. The minimum Gasteiger partial charge on any atom is -0.497 e. The summed E-state index contributed by atoms with van der Waals surface area (Å²) >= 11 is 1.45. The SMILES string of the molecule is COc1ccc(CCC(=O)Nc2nc(-c3ccc4ccccc4c3)cs2)cc1. The zero-order chi connectivity index (χ0) is 19.3. The fourth-order valence-electron chi connectivity index (χ4n) is 3.04. The van der Waals surface area contributed by atoms with Crippen molar-refractivity contribution in [2.75, 3.05) is 12.4 Å². The van der Waals surface area contributed by atoms with Crippen LogP contribution in [0.5, 0.6) is 5.75 Å². The Labute approximate surface area is 167 Å². The molecule has 0 aliphatic carbocycles. The van der Waals surface area contributed by atoms with Crippen LogP contribution in [0.4, 0.5) is 5.13 Å². The van der Waals surface area contributed by atoms with Gasteiger partial charge in [0.25, 0.3) is 0 Å². The molecular weight excluding hydrogens is 368 g/mol. The lowest BCUT2D eigenvalue weighted by Crippen LogP contribution is -2.12.